The van der Waals surface area contributed by atoms with Gasteiger partial charge in [-0.25, -0.2) is 4.79 Å². The van der Waals surface area contributed by atoms with Gasteiger partial charge in [-0.15, -0.1) is 0 Å². The first kappa shape index (κ1) is 14.2. The average Bonchev–Trinajstić information content (AvgIpc) is 2.20. The van der Waals surface area contributed by atoms with Crippen LogP contribution in [0.5, 0.6) is 0 Å². The van der Waals surface area contributed by atoms with Crippen molar-refractivity contribution in [2.45, 2.75) is 45.4 Å². The Balaban J connectivity index is 2.89. The summed E-state index contributed by atoms with van der Waals surface area (Å²) in [4.78, 5) is 10.2. The molecule has 0 unspecified atom stereocenters. The molecule has 0 heterocycles. The van der Waals surface area contributed by atoms with E-state index in [0.717, 1.165) is 25.9 Å². The van der Waals surface area contributed by atoms with Gasteiger partial charge in [0.25, 0.3) is 0 Å². The molecule has 0 rings (SSSR count). The van der Waals surface area contributed by atoms with E-state index in [1.54, 1.807) is 0 Å². The minimum atomic E-state index is -0.670. The second kappa shape index (κ2) is 11.3. The third kappa shape index (κ3) is 13.2. The maximum Gasteiger partial charge on any atom is 0.404 e. The minimum Gasteiger partial charge on any atom is -0.450 e. The van der Waals surface area contributed by atoms with Gasteiger partial charge in [-0.1, -0.05) is 26.2 Å². The van der Waals surface area contributed by atoms with Crippen molar-refractivity contribution in [3.8, 4) is 0 Å². The van der Waals surface area contributed by atoms with E-state index in [-0.39, 0.29) is 0 Å². The van der Waals surface area contributed by atoms with Crippen LogP contribution in [-0.4, -0.2) is 25.8 Å². The maximum absolute atomic E-state index is 10.2. The lowest BCUT2D eigenvalue weighted by Crippen LogP contribution is -2.16. The Kier molecular flexibility index (Phi) is 10.7. The highest BCUT2D eigenvalue weighted by Crippen LogP contribution is 1.99. The third-order valence-electron chi connectivity index (χ3n) is 2.20. The van der Waals surface area contributed by atoms with Gasteiger partial charge in [-0.05, 0) is 32.4 Å². The van der Waals surface area contributed by atoms with Crippen LogP contribution in [0.15, 0.2) is 0 Å². The molecule has 0 aromatic heterocycles. The second-order valence-electron chi connectivity index (χ2n) is 3.69. The number of ether oxygens (including phenoxy) is 1. The molecular weight excluding hydrogens is 192 g/mol. The molecule has 4 nitrogen and oxygen atoms in total. The average molecular weight is 216 g/mol. The van der Waals surface area contributed by atoms with Crippen LogP contribution in [0.2, 0.25) is 0 Å². The Morgan fingerprint density at radius 3 is 2.47 bits per heavy atom. The molecule has 0 aliphatic heterocycles. The fourth-order valence-electron chi connectivity index (χ4n) is 1.31. The molecule has 0 radical (unpaired) electrons. The van der Waals surface area contributed by atoms with Gasteiger partial charge in [0.15, 0.2) is 0 Å². The number of nitrogens with two attached hydrogens (primary N) is 1. The quantitative estimate of drug-likeness (QED) is 0.549. The first-order valence-corrected chi connectivity index (χ1v) is 5.90. The van der Waals surface area contributed by atoms with E-state index in [1.807, 2.05) is 0 Å². The molecule has 15 heavy (non-hydrogen) atoms. The van der Waals surface area contributed by atoms with E-state index < -0.39 is 6.09 Å². The number of carbonyl (C=O) groups is 1. The van der Waals surface area contributed by atoms with Crippen LogP contribution in [0, 0.1) is 0 Å². The first-order valence-electron chi connectivity index (χ1n) is 5.90. The van der Waals surface area contributed by atoms with Crippen molar-refractivity contribution in [1.29, 1.82) is 0 Å². The maximum atomic E-state index is 10.2. The van der Waals surface area contributed by atoms with Crippen LogP contribution in [0.1, 0.15) is 45.4 Å². The highest BCUT2D eigenvalue weighted by Gasteiger charge is 1.93. The predicted octanol–water partition coefficient (Wildman–Crippen LogP) is 2.03. The number of nitrogens with one attached hydrogen (secondary N) is 1. The molecule has 0 fully saturated rings. The molecular formula is C11H24N2O2. The Morgan fingerprint density at radius 2 is 1.80 bits per heavy atom. The molecule has 0 aliphatic rings. The van der Waals surface area contributed by atoms with Crippen LogP contribution in [0.3, 0.4) is 0 Å². The summed E-state index contributed by atoms with van der Waals surface area (Å²) in [7, 11) is 0. The van der Waals surface area contributed by atoms with Gasteiger partial charge in [0.2, 0.25) is 0 Å². The molecule has 0 saturated heterocycles. The summed E-state index contributed by atoms with van der Waals surface area (Å²) in [5, 5.41) is 3.39. The molecule has 0 spiro atoms. The van der Waals surface area contributed by atoms with E-state index in [4.69, 9.17) is 5.73 Å². The molecule has 0 atom stereocenters. The highest BCUT2D eigenvalue weighted by molar-refractivity contribution is 5.64. The van der Waals surface area contributed by atoms with Crippen LogP contribution in [0.25, 0.3) is 0 Å². The van der Waals surface area contributed by atoms with Crippen molar-refractivity contribution < 1.29 is 9.53 Å². The number of primary amides is 1. The normalized spacial score (nSPS) is 10.2. The Morgan fingerprint density at radius 1 is 1.13 bits per heavy atom. The number of hydrogen-bond donors (Lipinski definition) is 2. The molecule has 0 saturated carbocycles. The van der Waals surface area contributed by atoms with Crippen molar-refractivity contribution >= 4 is 6.09 Å². The number of amides is 1. The van der Waals surface area contributed by atoms with Crippen LogP contribution in [0.4, 0.5) is 4.79 Å². The molecule has 0 aromatic carbocycles. The lowest BCUT2D eigenvalue weighted by atomic mass is 10.2. The largest absolute Gasteiger partial charge is 0.450 e. The van der Waals surface area contributed by atoms with E-state index >= 15 is 0 Å². The van der Waals surface area contributed by atoms with Crippen molar-refractivity contribution in [3.63, 3.8) is 0 Å². The van der Waals surface area contributed by atoms with Gasteiger partial charge in [0, 0.05) is 0 Å². The number of hydrogen-bond acceptors (Lipinski definition) is 3. The van der Waals surface area contributed by atoms with Gasteiger partial charge in [0.05, 0.1) is 6.61 Å². The fourth-order valence-corrected chi connectivity index (χ4v) is 1.31. The Hall–Kier alpha value is -0.770. The van der Waals surface area contributed by atoms with Gasteiger partial charge >= 0.3 is 6.09 Å². The van der Waals surface area contributed by atoms with Crippen LogP contribution >= 0.6 is 0 Å². The minimum absolute atomic E-state index is 0.457. The summed E-state index contributed by atoms with van der Waals surface area (Å²) in [6, 6.07) is 0. The third-order valence-corrected chi connectivity index (χ3v) is 2.20. The van der Waals surface area contributed by atoms with Gasteiger partial charge in [0.1, 0.15) is 0 Å². The summed E-state index contributed by atoms with van der Waals surface area (Å²) in [6.45, 7) is 4.87. The monoisotopic (exact) mass is 216 g/mol. The topological polar surface area (TPSA) is 64.3 Å². The summed E-state index contributed by atoms with van der Waals surface area (Å²) >= 11 is 0. The van der Waals surface area contributed by atoms with Gasteiger partial charge in [-0.3, -0.25) is 0 Å². The summed E-state index contributed by atoms with van der Waals surface area (Å²) in [5.41, 5.74) is 4.83. The van der Waals surface area contributed by atoms with E-state index in [0.29, 0.717) is 6.61 Å². The van der Waals surface area contributed by atoms with Crippen molar-refractivity contribution in [3.05, 3.63) is 0 Å². The molecule has 0 aromatic rings. The summed E-state index contributed by atoms with van der Waals surface area (Å²) in [5.74, 6) is 0. The zero-order valence-electron chi connectivity index (χ0n) is 9.76. The smallest absolute Gasteiger partial charge is 0.404 e. The molecule has 0 aliphatic carbocycles. The predicted molar refractivity (Wildman–Crippen MR) is 61.8 cm³/mol. The molecule has 3 N–H and O–H groups in total. The van der Waals surface area contributed by atoms with E-state index in [9.17, 15) is 4.79 Å². The molecule has 4 heteroatoms. The lowest BCUT2D eigenvalue weighted by molar-refractivity contribution is 0.154. The lowest BCUT2D eigenvalue weighted by Gasteiger charge is -2.04. The Bertz CT molecular complexity index is 152. The molecule has 0 bridgehead atoms. The van der Waals surface area contributed by atoms with Crippen LogP contribution in [-0.2, 0) is 4.74 Å². The van der Waals surface area contributed by atoms with Gasteiger partial charge < -0.3 is 15.8 Å². The van der Waals surface area contributed by atoms with E-state index in [1.165, 1.54) is 25.7 Å². The zero-order chi connectivity index (χ0) is 11.4. The van der Waals surface area contributed by atoms with Crippen molar-refractivity contribution in [1.82, 2.24) is 5.32 Å². The van der Waals surface area contributed by atoms with Crippen molar-refractivity contribution in [2.24, 2.45) is 5.73 Å². The van der Waals surface area contributed by atoms with E-state index in [2.05, 4.69) is 17.0 Å². The molecule has 1 amide bonds. The van der Waals surface area contributed by atoms with Crippen LogP contribution < -0.4 is 11.1 Å². The fraction of sp³-hybridized carbons (Fsp3) is 0.909. The SMILES string of the molecule is CCCCNCCCCCCOC(N)=O. The van der Waals surface area contributed by atoms with Crippen molar-refractivity contribution in [2.75, 3.05) is 19.7 Å². The zero-order valence-corrected chi connectivity index (χ0v) is 9.76. The summed E-state index contributed by atoms with van der Waals surface area (Å²) < 4.78 is 4.62. The highest BCUT2D eigenvalue weighted by atomic mass is 16.5. The number of unbranched alkanes of at least 4 members (excludes halogenated alkanes) is 4. The second-order valence-corrected chi connectivity index (χ2v) is 3.69. The molecule has 90 valence electrons. The Labute approximate surface area is 92.6 Å². The number of carbonyl (C=O) groups excluding carboxylic acids is 1. The number of rotatable bonds is 10. The first-order chi connectivity index (χ1) is 7.27. The standard InChI is InChI=1S/C11H24N2O2/c1-2-3-8-13-9-6-4-5-7-10-15-11(12)14/h13H,2-10H2,1H3,(H2,12,14). The summed E-state index contributed by atoms with van der Waals surface area (Å²) in [6.07, 6.45) is 6.22. The van der Waals surface area contributed by atoms with Gasteiger partial charge in [-0.2, -0.15) is 0 Å².